The van der Waals surface area contributed by atoms with E-state index in [0.717, 1.165) is 0 Å². The number of aromatic nitrogens is 2. The van der Waals surface area contributed by atoms with Crippen LogP contribution in [0.5, 0.6) is 11.5 Å². The van der Waals surface area contributed by atoms with Gasteiger partial charge in [-0.15, -0.1) is 0 Å². The molecule has 164 valence electrons. The zero-order valence-corrected chi connectivity index (χ0v) is 18.0. The Balaban J connectivity index is 1.77. The van der Waals surface area contributed by atoms with Crippen molar-refractivity contribution in [3.8, 4) is 11.5 Å². The predicted octanol–water partition coefficient (Wildman–Crippen LogP) is 3.35. The van der Waals surface area contributed by atoms with Crippen LogP contribution in [0.15, 0.2) is 18.2 Å². The highest BCUT2D eigenvalue weighted by Gasteiger charge is 2.24. The summed E-state index contributed by atoms with van der Waals surface area (Å²) in [5.74, 6) is -0.571. The first-order valence-electron chi connectivity index (χ1n) is 9.62. The molecule has 0 amide bonds. The molecule has 0 bridgehead atoms. The van der Waals surface area contributed by atoms with Crippen LogP contribution < -0.4 is 9.47 Å². The highest BCUT2D eigenvalue weighted by molar-refractivity contribution is 6.04. The first-order valence-corrected chi connectivity index (χ1v) is 9.62. The summed E-state index contributed by atoms with van der Waals surface area (Å²) in [6, 6.07) is 5.04. The van der Waals surface area contributed by atoms with Crippen molar-refractivity contribution in [3.63, 3.8) is 0 Å². The normalized spacial score (nSPS) is 10.7. The Morgan fingerprint density at radius 1 is 0.935 bits per heavy atom. The molecule has 0 atom stereocenters. The van der Waals surface area contributed by atoms with Crippen molar-refractivity contribution in [2.45, 2.75) is 20.8 Å². The van der Waals surface area contributed by atoms with Crippen LogP contribution in [0.2, 0.25) is 0 Å². The minimum atomic E-state index is -0.693. The maximum absolute atomic E-state index is 12.7. The number of benzene rings is 1. The van der Waals surface area contributed by atoms with Crippen LogP contribution in [0.4, 0.5) is 0 Å². The van der Waals surface area contributed by atoms with Crippen LogP contribution >= 0.6 is 0 Å². The van der Waals surface area contributed by atoms with Crippen molar-refractivity contribution >= 4 is 28.6 Å². The van der Waals surface area contributed by atoms with Crippen LogP contribution in [0, 0.1) is 13.8 Å². The van der Waals surface area contributed by atoms with E-state index in [2.05, 4.69) is 9.97 Å². The molecule has 0 saturated heterocycles. The number of esters is 2. The Labute approximate surface area is 178 Å². The van der Waals surface area contributed by atoms with E-state index < -0.39 is 24.3 Å². The summed E-state index contributed by atoms with van der Waals surface area (Å²) in [5, 5.41) is 0.700. The molecule has 2 N–H and O–H groups in total. The fourth-order valence-corrected chi connectivity index (χ4v) is 3.43. The minimum absolute atomic E-state index is 0.170. The van der Waals surface area contributed by atoms with Crippen molar-refractivity contribution in [2.24, 2.45) is 0 Å². The van der Waals surface area contributed by atoms with E-state index >= 15 is 0 Å². The third-order valence-electron chi connectivity index (χ3n) is 4.87. The van der Waals surface area contributed by atoms with Gasteiger partial charge in [-0.3, -0.25) is 4.79 Å². The van der Waals surface area contributed by atoms with Gasteiger partial charge >= 0.3 is 11.9 Å². The third kappa shape index (κ3) is 4.25. The van der Waals surface area contributed by atoms with Gasteiger partial charge in [-0.25, -0.2) is 9.59 Å². The summed E-state index contributed by atoms with van der Waals surface area (Å²) in [5.41, 5.74) is 2.26. The van der Waals surface area contributed by atoms with Gasteiger partial charge in [0, 0.05) is 22.7 Å². The topological polar surface area (TPSA) is 120 Å². The van der Waals surface area contributed by atoms with Gasteiger partial charge in [-0.1, -0.05) is 0 Å². The first-order chi connectivity index (χ1) is 14.8. The van der Waals surface area contributed by atoms with E-state index in [1.807, 2.05) is 0 Å². The molecule has 31 heavy (non-hydrogen) atoms. The van der Waals surface area contributed by atoms with Crippen molar-refractivity contribution in [1.82, 2.24) is 9.97 Å². The minimum Gasteiger partial charge on any atom is -0.497 e. The molecule has 0 radical (unpaired) electrons. The van der Waals surface area contributed by atoms with Crippen molar-refractivity contribution in [1.29, 1.82) is 0 Å². The molecule has 2 heterocycles. The standard InChI is InChI=1S/C22H24N2O7/c1-6-30-22(27)19-11(2)18(12(3)23-19)16(25)10-31-21(26)15-8-13-7-14(28-4)9-17(29-5)20(13)24-15/h7-9,23-24H,6,10H2,1-5H3. The number of hydrogen-bond donors (Lipinski definition) is 2. The number of ketones is 1. The summed E-state index contributed by atoms with van der Waals surface area (Å²) < 4.78 is 20.8. The summed E-state index contributed by atoms with van der Waals surface area (Å²) in [6.45, 7) is 4.75. The number of aryl methyl sites for hydroxylation is 1. The second-order valence-corrected chi connectivity index (χ2v) is 6.82. The Morgan fingerprint density at radius 3 is 2.32 bits per heavy atom. The zero-order valence-electron chi connectivity index (χ0n) is 18.0. The molecule has 0 aliphatic rings. The Hall–Kier alpha value is -3.75. The Kier molecular flexibility index (Phi) is 6.33. The van der Waals surface area contributed by atoms with Crippen molar-refractivity contribution in [3.05, 3.63) is 46.4 Å². The van der Waals surface area contributed by atoms with Gasteiger partial charge in [0.15, 0.2) is 6.61 Å². The van der Waals surface area contributed by atoms with Gasteiger partial charge in [0.05, 0.1) is 26.3 Å². The predicted molar refractivity (Wildman–Crippen MR) is 112 cm³/mol. The SMILES string of the molecule is CCOC(=O)c1[nH]c(C)c(C(=O)COC(=O)c2cc3cc(OC)cc(OC)c3[nH]2)c1C. The number of carbonyl (C=O) groups excluding carboxylic acids is 3. The summed E-state index contributed by atoms with van der Waals surface area (Å²) in [4.78, 5) is 43.0. The molecule has 0 fully saturated rings. The average molecular weight is 428 g/mol. The molecule has 9 nitrogen and oxygen atoms in total. The smallest absolute Gasteiger partial charge is 0.355 e. The van der Waals surface area contributed by atoms with Gasteiger partial charge in [-0.05, 0) is 38.5 Å². The average Bonchev–Trinajstić information content (AvgIpc) is 3.31. The second-order valence-electron chi connectivity index (χ2n) is 6.82. The van der Waals surface area contributed by atoms with Gasteiger partial charge in [0.1, 0.15) is 22.9 Å². The molecular weight excluding hydrogens is 404 g/mol. The fourth-order valence-electron chi connectivity index (χ4n) is 3.43. The fraction of sp³-hybridized carbons (Fsp3) is 0.318. The lowest BCUT2D eigenvalue weighted by molar-refractivity contribution is 0.0468. The Bertz CT molecular complexity index is 1160. The molecule has 3 aromatic rings. The number of H-pyrrole nitrogens is 2. The van der Waals surface area contributed by atoms with E-state index in [0.29, 0.717) is 39.2 Å². The highest BCUT2D eigenvalue weighted by atomic mass is 16.5. The number of fused-ring (bicyclic) bond motifs is 1. The first kappa shape index (κ1) is 21.9. The monoisotopic (exact) mass is 428 g/mol. The van der Waals surface area contributed by atoms with Crippen molar-refractivity contribution in [2.75, 3.05) is 27.4 Å². The highest BCUT2D eigenvalue weighted by Crippen LogP contribution is 2.31. The number of nitrogens with one attached hydrogen (secondary N) is 2. The molecule has 1 aromatic carbocycles. The molecule has 0 aliphatic heterocycles. The van der Waals surface area contributed by atoms with Crippen LogP contribution in [0.1, 0.15) is 49.5 Å². The van der Waals surface area contributed by atoms with E-state index in [-0.39, 0.29) is 18.0 Å². The van der Waals surface area contributed by atoms with E-state index in [9.17, 15) is 14.4 Å². The van der Waals surface area contributed by atoms with Crippen LogP contribution in [0.3, 0.4) is 0 Å². The zero-order chi connectivity index (χ0) is 22.7. The molecule has 0 saturated carbocycles. The summed E-state index contributed by atoms with van der Waals surface area (Å²) in [7, 11) is 3.05. The number of Topliss-reactive ketones (excluding diaryl/α,β-unsaturated/α-hetero) is 1. The molecule has 0 aliphatic carbocycles. The van der Waals surface area contributed by atoms with Crippen LogP contribution in [-0.4, -0.2) is 55.1 Å². The lowest BCUT2D eigenvalue weighted by atomic mass is 10.1. The number of rotatable bonds is 8. The van der Waals surface area contributed by atoms with Gasteiger partial charge < -0.3 is 28.9 Å². The van der Waals surface area contributed by atoms with Gasteiger partial charge in [0.25, 0.3) is 0 Å². The summed E-state index contributed by atoms with van der Waals surface area (Å²) >= 11 is 0. The second kappa shape index (κ2) is 8.95. The maximum Gasteiger partial charge on any atom is 0.355 e. The quantitative estimate of drug-likeness (QED) is 0.417. The largest absolute Gasteiger partial charge is 0.497 e. The lowest BCUT2D eigenvalue weighted by Crippen LogP contribution is -2.16. The molecule has 0 unspecified atom stereocenters. The van der Waals surface area contributed by atoms with Gasteiger partial charge in [-0.2, -0.15) is 0 Å². The lowest BCUT2D eigenvalue weighted by Gasteiger charge is -2.05. The van der Waals surface area contributed by atoms with Crippen LogP contribution in [0.25, 0.3) is 10.9 Å². The molecule has 2 aromatic heterocycles. The van der Waals surface area contributed by atoms with E-state index in [1.54, 1.807) is 39.0 Å². The number of aromatic amines is 2. The van der Waals surface area contributed by atoms with E-state index in [1.165, 1.54) is 14.2 Å². The molecule has 3 rings (SSSR count). The maximum atomic E-state index is 12.7. The van der Waals surface area contributed by atoms with Crippen LogP contribution in [-0.2, 0) is 9.47 Å². The molecule has 0 spiro atoms. The number of hydrogen-bond acceptors (Lipinski definition) is 7. The molecule has 9 heteroatoms. The number of carbonyl (C=O) groups is 3. The third-order valence-corrected chi connectivity index (χ3v) is 4.87. The Morgan fingerprint density at radius 2 is 1.68 bits per heavy atom. The van der Waals surface area contributed by atoms with E-state index in [4.69, 9.17) is 18.9 Å². The summed E-state index contributed by atoms with van der Waals surface area (Å²) in [6.07, 6.45) is 0. The number of ether oxygens (including phenoxy) is 4. The van der Waals surface area contributed by atoms with Crippen molar-refractivity contribution < 1.29 is 33.3 Å². The van der Waals surface area contributed by atoms with Gasteiger partial charge in [0.2, 0.25) is 5.78 Å². The number of methoxy groups -OCH3 is 2. The molecular formula is C22H24N2O7.